The van der Waals surface area contributed by atoms with E-state index in [2.05, 4.69) is 5.16 Å². The lowest BCUT2D eigenvalue weighted by Crippen LogP contribution is -1.79. The van der Waals surface area contributed by atoms with Crippen LogP contribution in [0, 0.1) is 13.8 Å². The summed E-state index contributed by atoms with van der Waals surface area (Å²) in [6, 6.07) is 0. The summed E-state index contributed by atoms with van der Waals surface area (Å²) in [5.41, 5.74) is 2.92. The molecule has 1 aromatic heterocycles. The number of aliphatic hydroxyl groups excluding tert-OH is 1. The van der Waals surface area contributed by atoms with Crippen LogP contribution in [0.1, 0.15) is 23.9 Å². The zero-order valence-electron chi connectivity index (χ0n) is 8.74. The van der Waals surface area contributed by atoms with Crippen LogP contribution in [-0.2, 0) is 0 Å². The van der Waals surface area contributed by atoms with Crippen molar-refractivity contribution in [1.29, 1.82) is 0 Å². The first-order valence-corrected chi connectivity index (χ1v) is 4.53. The molecule has 0 atom stereocenters. The van der Waals surface area contributed by atoms with Crippen molar-refractivity contribution in [2.45, 2.75) is 20.8 Å². The molecule has 0 spiro atoms. The van der Waals surface area contributed by atoms with E-state index >= 15 is 0 Å². The van der Waals surface area contributed by atoms with Crippen LogP contribution in [0.2, 0.25) is 0 Å². The van der Waals surface area contributed by atoms with Crippen LogP contribution >= 0.6 is 0 Å². The van der Waals surface area contributed by atoms with Gasteiger partial charge in [0.25, 0.3) is 0 Å². The van der Waals surface area contributed by atoms with Gasteiger partial charge in [-0.25, -0.2) is 0 Å². The average Bonchev–Trinajstić information content (AvgIpc) is 2.44. The van der Waals surface area contributed by atoms with E-state index in [4.69, 9.17) is 9.63 Å². The zero-order valence-corrected chi connectivity index (χ0v) is 8.74. The first kappa shape index (κ1) is 10.7. The predicted octanol–water partition coefficient (Wildman–Crippen LogP) is 2.24. The number of hydrogen-bond donors (Lipinski definition) is 1. The van der Waals surface area contributed by atoms with Crippen LogP contribution in [0.5, 0.6) is 0 Å². The molecule has 1 heterocycles. The highest BCUT2D eigenvalue weighted by Crippen LogP contribution is 2.14. The molecule has 0 aliphatic heterocycles. The summed E-state index contributed by atoms with van der Waals surface area (Å²) in [4.78, 5) is 0. The second kappa shape index (κ2) is 4.77. The van der Waals surface area contributed by atoms with Crippen molar-refractivity contribution in [3.05, 3.63) is 34.7 Å². The molecular formula is C11H15NO2. The Bertz CT molecular complexity index is 342. The number of aryl methyl sites for hydroxylation is 2. The Kier molecular flexibility index (Phi) is 3.65. The second-order valence-electron chi connectivity index (χ2n) is 3.20. The molecule has 0 radical (unpaired) electrons. The number of allylic oxidation sites excluding steroid dienone is 2. The maximum Gasteiger partial charge on any atom is 0.141 e. The molecule has 0 aliphatic carbocycles. The molecule has 0 aliphatic rings. The van der Waals surface area contributed by atoms with Gasteiger partial charge in [0.1, 0.15) is 5.76 Å². The Morgan fingerprint density at radius 2 is 2.21 bits per heavy atom. The molecular weight excluding hydrogens is 178 g/mol. The van der Waals surface area contributed by atoms with Crippen molar-refractivity contribution in [3.63, 3.8) is 0 Å². The first-order valence-electron chi connectivity index (χ1n) is 4.53. The van der Waals surface area contributed by atoms with E-state index in [1.807, 2.05) is 32.9 Å². The third-order valence-electron chi connectivity index (χ3n) is 2.01. The number of hydrogen-bond acceptors (Lipinski definition) is 3. The Labute approximate surface area is 83.7 Å². The normalized spacial score (nSPS) is 12.7. The highest BCUT2D eigenvalue weighted by molar-refractivity contribution is 5.56. The van der Waals surface area contributed by atoms with E-state index in [9.17, 15) is 0 Å². The molecule has 3 nitrogen and oxygen atoms in total. The van der Waals surface area contributed by atoms with Crippen molar-refractivity contribution >= 4 is 6.08 Å². The predicted molar refractivity (Wildman–Crippen MR) is 55.9 cm³/mol. The van der Waals surface area contributed by atoms with Gasteiger partial charge in [-0.2, -0.15) is 0 Å². The van der Waals surface area contributed by atoms with Gasteiger partial charge in [-0.15, -0.1) is 0 Å². The van der Waals surface area contributed by atoms with E-state index in [0.29, 0.717) is 0 Å². The van der Waals surface area contributed by atoms with Gasteiger partial charge in [-0.1, -0.05) is 22.9 Å². The van der Waals surface area contributed by atoms with Crippen molar-refractivity contribution in [2.24, 2.45) is 0 Å². The van der Waals surface area contributed by atoms with Gasteiger partial charge in [0.05, 0.1) is 12.3 Å². The second-order valence-corrected chi connectivity index (χ2v) is 3.20. The Morgan fingerprint density at radius 3 is 2.71 bits per heavy atom. The van der Waals surface area contributed by atoms with Crippen molar-refractivity contribution in [3.8, 4) is 0 Å². The average molecular weight is 193 g/mol. The van der Waals surface area contributed by atoms with Crippen LogP contribution in [0.4, 0.5) is 0 Å². The molecule has 0 fully saturated rings. The molecule has 0 bridgehead atoms. The van der Waals surface area contributed by atoms with Crippen LogP contribution in [0.3, 0.4) is 0 Å². The number of rotatable bonds is 3. The van der Waals surface area contributed by atoms with Crippen molar-refractivity contribution < 1.29 is 9.63 Å². The van der Waals surface area contributed by atoms with Crippen LogP contribution in [0.25, 0.3) is 6.08 Å². The van der Waals surface area contributed by atoms with Gasteiger partial charge in [0, 0.05) is 5.56 Å². The van der Waals surface area contributed by atoms with Crippen molar-refractivity contribution in [2.75, 3.05) is 6.61 Å². The lowest BCUT2D eigenvalue weighted by Gasteiger charge is -1.91. The minimum atomic E-state index is 0.0672. The van der Waals surface area contributed by atoms with Crippen LogP contribution < -0.4 is 0 Å². The van der Waals surface area contributed by atoms with E-state index < -0.39 is 0 Å². The molecule has 76 valence electrons. The number of aliphatic hydroxyl groups is 1. The summed E-state index contributed by atoms with van der Waals surface area (Å²) in [5, 5.41) is 12.5. The molecule has 0 saturated heterocycles. The lowest BCUT2D eigenvalue weighted by molar-refractivity contribution is 0.342. The molecule has 0 amide bonds. The van der Waals surface area contributed by atoms with Gasteiger partial charge in [-0.05, 0) is 26.8 Å². The van der Waals surface area contributed by atoms with Gasteiger partial charge in [-0.3, -0.25) is 0 Å². The molecule has 0 unspecified atom stereocenters. The van der Waals surface area contributed by atoms with Gasteiger partial charge < -0.3 is 9.63 Å². The fourth-order valence-electron chi connectivity index (χ4n) is 1.15. The minimum Gasteiger partial charge on any atom is -0.392 e. The third-order valence-corrected chi connectivity index (χ3v) is 2.01. The molecule has 1 rings (SSSR count). The maximum absolute atomic E-state index is 8.66. The largest absolute Gasteiger partial charge is 0.392 e. The summed E-state index contributed by atoms with van der Waals surface area (Å²) in [7, 11) is 0. The third kappa shape index (κ3) is 2.57. The van der Waals surface area contributed by atoms with Gasteiger partial charge in [0.2, 0.25) is 0 Å². The molecule has 0 saturated carbocycles. The fourth-order valence-corrected chi connectivity index (χ4v) is 1.15. The Balaban J connectivity index is 2.83. The highest BCUT2D eigenvalue weighted by Gasteiger charge is 2.03. The Morgan fingerprint density at radius 1 is 1.50 bits per heavy atom. The summed E-state index contributed by atoms with van der Waals surface area (Å²) in [6.07, 6.45) is 5.63. The number of nitrogens with zero attached hydrogens (tertiary/aromatic N) is 1. The van der Waals surface area contributed by atoms with E-state index in [1.54, 1.807) is 6.08 Å². The van der Waals surface area contributed by atoms with Gasteiger partial charge in [0.15, 0.2) is 0 Å². The zero-order chi connectivity index (χ0) is 10.6. The quantitative estimate of drug-likeness (QED) is 0.749. The summed E-state index contributed by atoms with van der Waals surface area (Å²) in [6.45, 7) is 5.79. The van der Waals surface area contributed by atoms with E-state index in [0.717, 1.165) is 22.6 Å². The fraction of sp³-hybridized carbons (Fsp3) is 0.364. The lowest BCUT2D eigenvalue weighted by atomic mass is 10.1. The van der Waals surface area contributed by atoms with E-state index in [-0.39, 0.29) is 6.61 Å². The minimum absolute atomic E-state index is 0.0672. The van der Waals surface area contributed by atoms with E-state index in [1.165, 1.54) is 0 Å². The van der Waals surface area contributed by atoms with Crippen molar-refractivity contribution in [1.82, 2.24) is 5.16 Å². The standard InChI is InChI=1S/C11H15NO2/c1-8(6-7-13)4-5-11-9(2)12-14-10(11)3/h4-6,13H,7H2,1-3H3/b5-4+,8-6+. The Hall–Kier alpha value is -1.35. The molecule has 3 heteroatoms. The summed E-state index contributed by atoms with van der Waals surface area (Å²) >= 11 is 0. The highest BCUT2D eigenvalue weighted by atomic mass is 16.5. The first-order chi connectivity index (χ1) is 6.65. The molecule has 0 aromatic carbocycles. The topological polar surface area (TPSA) is 46.3 Å². The smallest absolute Gasteiger partial charge is 0.141 e. The molecule has 1 aromatic rings. The monoisotopic (exact) mass is 193 g/mol. The summed E-state index contributed by atoms with van der Waals surface area (Å²) < 4.78 is 5.02. The number of aromatic nitrogens is 1. The van der Waals surface area contributed by atoms with Crippen LogP contribution in [0.15, 0.2) is 22.2 Å². The molecule has 14 heavy (non-hydrogen) atoms. The summed E-state index contributed by atoms with van der Waals surface area (Å²) in [5.74, 6) is 0.815. The SMILES string of the molecule is CC(/C=C/c1c(C)noc1C)=C\CO. The van der Waals surface area contributed by atoms with Gasteiger partial charge >= 0.3 is 0 Å². The maximum atomic E-state index is 8.66. The van der Waals surface area contributed by atoms with Crippen LogP contribution in [-0.4, -0.2) is 16.9 Å². The molecule has 1 N–H and O–H groups in total.